The van der Waals surface area contributed by atoms with Gasteiger partial charge in [-0.15, -0.1) is 0 Å². The Bertz CT molecular complexity index is 1270. The molecule has 0 saturated carbocycles. The molecule has 3 aromatic carbocycles. The van der Waals surface area contributed by atoms with Crippen molar-refractivity contribution in [2.24, 2.45) is 0 Å². The van der Waals surface area contributed by atoms with Crippen molar-refractivity contribution in [1.82, 2.24) is 5.32 Å². The first-order valence-electron chi connectivity index (χ1n) is 9.30. The first kappa shape index (κ1) is 20.3. The maximum atomic E-state index is 12.9. The van der Waals surface area contributed by atoms with Crippen LogP contribution in [0.25, 0.3) is 6.08 Å². The molecule has 3 aromatic rings. The van der Waals surface area contributed by atoms with Crippen molar-refractivity contribution in [3.05, 3.63) is 106 Å². The molecule has 1 amide bonds. The van der Waals surface area contributed by atoms with Gasteiger partial charge in [-0.05, 0) is 54.2 Å². The van der Waals surface area contributed by atoms with Gasteiger partial charge in [0.05, 0.1) is 0 Å². The van der Waals surface area contributed by atoms with Gasteiger partial charge in [-0.25, -0.2) is 4.39 Å². The second-order valence-corrected chi connectivity index (χ2v) is 7.20. The number of hydrogen-bond acceptors (Lipinski definition) is 4. The van der Waals surface area contributed by atoms with Crippen molar-refractivity contribution < 1.29 is 18.8 Å². The first-order chi connectivity index (χ1) is 14.9. The van der Waals surface area contributed by atoms with Crippen LogP contribution in [0, 0.1) is 5.82 Å². The molecule has 7 heteroatoms. The number of thiocarbonyl (C=S) groups is 1. The Morgan fingerprint density at radius 3 is 2.13 bits per heavy atom. The molecule has 152 valence electrons. The molecule has 1 aliphatic carbocycles. The summed E-state index contributed by atoms with van der Waals surface area (Å²) in [7, 11) is 0. The molecule has 0 aliphatic heterocycles. The normalized spacial score (nSPS) is 12.3. The molecule has 2 N–H and O–H groups in total. The zero-order valence-corrected chi connectivity index (χ0v) is 16.8. The number of anilines is 1. The third-order valence-corrected chi connectivity index (χ3v) is 4.92. The molecular weight excluding hydrogens is 415 g/mol. The molecule has 0 heterocycles. The standard InChI is InChI=1S/C24H15FN2O3S/c25-15-8-5-14(6-9-15)7-12-21(28)27-24(31)26-16-10-11-19-20(13-16)23(30)18-4-2-1-3-17(18)22(19)29/h1-13H,(H2,26,27,28,31). The summed E-state index contributed by atoms with van der Waals surface area (Å²) in [6.45, 7) is 0. The highest BCUT2D eigenvalue weighted by Gasteiger charge is 2.29. The Morgan fingerprint density at radius 1 is 0.839 bits per heavy atom. The minimum atomic E-state index is -0.472. The summed E-state index contributed by atoms with van der Waals surface area (Å²) < 4.78 is 12.9. The number of hydrogen-bond donors (Lipinski definition) is 2. The summed E-state index contributed by atoms with van der Waals surface area (Å²) in [5, 5.41) is 5.37. The molecule has 31 heavy (non-hydrogen) atoms. The fourth-order valence-electron chi connectivity index (χ4n) is 3.24. The molecule has 0 radical (unpaired) electrons. The molecule has 0 atom stereocenters. The van der Waals surface area contributed by atoms with Crippen LogP contribution in [-0.2, 0) is 4.79 Å². The number of benzene rings is 3. The Kier molecular flexibility index (Phi) is 5.51. The van der Waals surface area contributed by atoms with Crippen molar-refractivity contribution in [3.63, 3.8) is 0 Å². The SMILES string of the molecule is O=C(C=Cc1ccc(F)cc1)NC(=S)Nc1ccc2c(c1)C(=O)c1ccccc1C2=O. The van der Waals surface area contributed by atoms with E-state index in [9.17, 15) is 18.8 Å². The van der Waals surface area contributed by atoms with Crippen LogP contribution in [-0.4, -0.2) is 22.6 Å². The van der Waals surface area contributed by atoms with E-state index < -0.39 is 5.91 Å². The third-order valence-electron chi connectivity index (χ3n) is 4.72. The van der Waals surface area contributed by atoms with Crippen molar-refractivity contribution in [3.8, 4) is 0 Å². The van der Waals surface area contributed by atoms with Gasteiger partial charge in [0.2, 0.25) is 5.91 Å². The number of ketones is 2. The highest BCUT2D eigenvalue weighted by Crippen LogP contribution is 2.29. The minimum Gasteiger partial charge on any atom is -0.332 e. The monoisotopic (exact) mass is 430 g/mol. The Morgan fingerprint density at radius 2 is 1.45 bits per heavy atom. The van der Waals surface area contributed by atoms with Crippen LogP contribution < -0.4 is 10.6 Å². The van der Waals surface area contributed by atoms with E-state index in [1.54, 1.807) is 48.5 Å². The summed E-state index contributed by atoms with van der Waals surface area (Å²) in [4.78, 5) is 37.5. The number of halogens is 1. The van der Waals surface area contributed by atoms with E-state index in [1.807, 2.05) is 0 Å². The van der Waals surface area contributed by atoms with Gasteiger partial charge in [-0.3, -0.25) is 19.7 Å². The summed E-state index contributed by atoms with van der Waals surface area (Å²) in [6.07, 6.45) is 2.80. The fraction of sp³-hybridized carbons (Fsp3) is 0. The number of carbonyl (C=O) groups is 3. The lowest BCUT2D eigenvalue weighted by Crippen LogP contribution is -2.33. The van der Waals surface area contributed by atoms with Crippen LogP contribution in [0.4, 0.5) is 10.1 Å². The van der Waals surface area contributed by atoms with Crippen molar-refractivity contribution in [1.29, 1.82) is 0 Å². The van der Waals surface area contributed by atoms with Crippen molar-refractivity contribution in [2.75, 3.05) is 5.32 Å². The van der Waals surface area contributed by atoms with Gasteiger partial charge in [-0.1, -0.05) is 36.4 Å². The van der Waals surface area contributed by atoms with Gasteiger partial charge in [0, 0.05) is 34.0 Å². The predicted octanol–water partition coefficient (Wildman–Crippen LogP) is 4.13. The summed E-state index contributed by atoms with van der Waals surface area (Å²) in [5.41, 5.74) is 2.47. The lowest BCUT2D eigenvalue weighted by molar-refractivity contribution is -0.115. The molecule has 0 saturated heterocycles. The molecule has 4 rings (SSSR count). The Hall–Kier alpha value is -3.97. The molecule has 0 fully saturated rings. The lowest BCUT2D eigenvalue weighted by Gasteiger charge is -2.18. The third kappa shape index (κ3) is 4.31. The lowest BCUT2D eigenvalue weighted by atomic mass is 9.84. The van der Waals surface area contributed by atoms with Crippen LogP contribution in [0.1, 0.15) is 37.4 Å². The Labute approximate surface area is 182 Å². The van der Waals surface area contributed by atoms with E-state index in [1.165, 1.54) is 30.4 Å². The van der Waals surface area contributed by atoms with Crippen LogP contribution >= 0.6 is 12.2 Å². The van der Waals surface area contributed by atoms with E-state index in [-0.39, 0.29) is 28.1 Å². The smallest absolute Gasteiger partial charge is 0.250 e. The second kappa shape index (κ2) is 8.41. The van der Waals surface area contributed by atoms with Crippen molar-refractivity contribution in [2.45, 2.75) is 0 Å². The molecule has 0 spiro atoms. The average Bonchev–Trinajstić information content (AvgIpc) is 2.77. The van der Waals surface area contributed by atoms with E-state index in [0.29, 0.717) is 27.9 Å². The molecule has 0 unspecified atom stereocenters. The zero-order chi connectivity index (χ0) is 22.0. The van der Waals surface area contributed by atoms with E-state index in [2.05, 4.69) is 10.6 Å². The maximum absolute atomic E-state index is 12.9. The predicted molar refractivity (Wildman–Crippen MR) is 120 cm³/mol. The highest BCUT2D eigenvalue weighted by molar-refractivity contribution is 7.80. The van der Waals surface area contributed by atoms with Gasteiger partial charge in [0.25, 0.3) is 0 Å². The number of amides is 1. The number of carbonyl (C=O) groups excluding carboxylic acids is 3. The van der Waals surface area contributed by atoms with Gasteiger partial charge in [0.15, 0.2) is 16.7 Å². The topological polar surface area (TPSA) is 75.3 Å². The van der Waals surface area contributed by atoms with Crippen LogP contribution in [0.3, 0.4) is 0 Å². The van der Waals surface area contributed by atoms with Gasteiger partial charge in [-0.2, -0.15) is 0 Å². The summed E-state index contributed by atoms with van der Waals surface area (Å²) in [5.74, 6) is -1.29. The molecule has 5 nitrogen and oxygen atoms in total. The second-order valence-electron chi connectivity index (χ2n) is 6.79. The highest BCUT2D eigenvalue weighted by atomic mass is 32.1. The largest absolute Gasteiger partial charge is 0.332 e. The minimum absolute atomic E-state index is 0.0312. The maximum Gasteiger partial charge on any atom is 0.250 e. The molecule has 0 aromatic heterocycles. The molecule has 1 aliphatic rings. The van der Waals surface area contributed by atoms with Crippen LogP contribution in [0.5, 0.6) is 0 Å². The van der Waals surface area contributed by atoms with Crippen LogP contribution in [0.15, 0.2) is 72.8 Å². The van der Waals surface area contributed by atoms with E-state index in [0.717, 1.165) is 0 Å². The average molecular weight is 430 g/mol. The van der Waals surface area contributed by atoms with Gasteiger partial charge in [0.1, 0.15) is 5.82 Å². The molecule has 0 bridgehead atoms. The summed E-state index contributed by atoms with van der Waals surface area (Å²) >= 11 is 5.15. The number of rotatable bonds is 3. The zero-order valence-electron chi connectivity index (χ0n) is 16.0. The van der Waals surface area contributed by atoms with Crippen LogP contribution in [0.2, 0.25) is 0 Å². The fourth-order valence-corrected chi connectivity index (χ4v) is 3.46. The van der Waals surface area contributed by atoms with Gasteiger partial charge >= 0.3 is 0 Å². The van der Waals surface area contributed by atoms with E-state index in [4.69, 9.17) is 12.2 Å². The molecular formula is C24H15FN2O3S. The first-order valence-corrected chi connectivity index (χ1v) is 9.71. The number of fused-ring (bicyclic) bond motifs is 2. The van der Waals surface area contributed by atoms with E-state index >= 15 is 0 Å². The van der Waals surface area contributed by atoms with Crippen molar-refractivity contribution >= 4 is 46.6 Å². The van der Waals surface area contributed by atoms with Gasteiger partial charge < -0.3 is 5.32 Å². The quantitative estimate of drug-likeness (QED) is 0.378. The Balaban J connectivity index is 1.45. The number of nitrogens with one attached hydrogen (secondary N) is 2. The summed E-state index contributed by atoms with van der Waals surface area (Å²) in [6, 6.07) is 17.1.